The first-order valence-electron chi connectivity index (χ1n) is 15.0. The average molecular weight is 473 g/mol. The van der Waals surface area contributed by atoms with E-state index in [0.717, 1.165) is 30.9 Å². The van der Waals surface area contributed by atoms with Gasteiger partial charge in [-0.05, 0) is 63.1 Å². The van der Waals surface area contributed by atoms with Crippen LogP contribution in [0.1, 0.15) is 161 Å². The van der Waals surface area contributed by atoms with Gasteiger partial charge in [0, 0.05) is 5.56 Å². The van der Waals surface area contributed by atoms with Crippen LogP contribution in [-0.4, -0.2) is 12.2 Å². The quantitative estimate of drug-likeness (QED) is 0.186. The zero-order valence-corrected chi connectivity index (χ0v) is 23.5. The normalized spacial score (nSPS) is 16.8. The number of hydrogen-bond acceptors (Lipinski definition) is 2. The van der Waals surface area contributed by atoms with Gasteiger partial charge < -0.3 is 9.47 Å². The van der Waals surface area contributed by atoms with E-state index in [4.69, 9.17) is 9.47 Å². The van der Waals surface area contributed by atoms with Crippen LogP contribution in [0.2, 0.25) is 0 Å². The summed E-state index contributed by atoms with van der Waals surface area (Å²) in [5, 5.41) is 0. The molecular weight excluding hydrogens is 416 g/mol. The molecule has 0 aromatic heterocycles. The van der Waals surface area contributed by atoms with Crippen LogP contribution in [0, 0.1) is 0 Å². The predicted molar refractivity (Wildman–Crippen MR) is 149 cm³/mol. The smallest absolute Gasteiger partial charge is 0.124 e. The number of rotatable bonds is 19. The van der Waals surface area contributed by atoms with Gasteiger partial charge in [-0.15, -0.1) is 0 Å². The van der Waals surface area contributed by atoms with Gasteiger partial charge in [0.25, 0.3) is 0 Å². The Bertz CT molecular complexity index is 663. The maximum atomic E-state index is 6.42. The molecule has 1 atom stereocenters. The second-order valence-corrected chi connectivity index (χ2v) is 11.5. The molecule has 1 unspecified atom stereocenters. The third-order valence-electron chi connectivity index (χ3n) is 7.46. The minimum absolute atomic E-state index is 0.0811. The summed E-state index contributed by atoms with van der Waals surface area (Å²) in [5.74, 6) is 2.73. The van der Waals surface area contributed by atoms with Gasteiger partial charge in [-0.25, -0.2) is 0 Å². The van der Waals surface area contributed by atoms with Gasteiger partial charge >= 0.3 is 0 Å². The van der Waals surface area contributed by atoms with Crippen molar-refractivity contribution in [3.63, 3.8) is 0 Å². The molecule has 0 saturated carbocycles. The lowest BCUT2D eigenvalue weighted by molar-refractivity contribution is 0.0742. The highest BCUT2D eigenvalue weighted by Gasteiger charge is 2.32. The zero-order valence-electron chi connectivity index (χ0n) is 23.5. The molecule has 0 N–H and O–H groups in total. The summed E-state index contributed by atoms with van der Waals surface area (Å²) in [4.78, 5) is 0. The molecule has 2 nitrogen and oxygen atoms in total. The molecule has 2 rings (SSSR count). The maximum absolute atomic E-state index is 6.42. The van der Waals surface area contributed by atoms with Gasteiger partial charge in [0.05, 0.1) is 6.61 Å². The standard InChI is InChI=1S/C32H56O2/c1-6-8-10-12-14-15-16-17-19-21-23-33-30-25-29-27(3)26-32(4,5)34-31(29)24-28(30)22-20-18-13-11-9-7-2/h24-25,27H,6-23,26H2,1-5H3. The Labute approximate surface area is 212 Å². The molecule has 0 saturated heterocycles. The highest BCUT2D eigenvalue weighted by atomic mass is 16.5. The van der Waals surface area contributed by atoms with Crippen LogP contribution in [0.3, 0.4) is 0 Å². The molecule has 1 aliphatic heterocycles. The molecule has 0 bridgehead atoms. The predicted octanol–water partition coefficient (Wildman–Crippen LogP) is 10.6. The van der Waals surface area contributed by atoms with Gasteiger partial charge in [0.2, 0.25) is 0 Å². The fraction of sp³-hybridized carbons (Fsp3) is 0.812. The molecular formula is C32H56O2. The first-order valence-corrected chi connectivity index (χ1v) is 15.0. The van der Waals surface area contributed by atoms with E-state index >= 15 is 0 Å². The highest BCUT2D eigenvalue weighted by Crippen LogP contribution is 2.43. The number of aryl methyl sites for hydroxylation is 1. The lowest BCUT2D eigenvalue weighted by atomic mass is 9.84. The number of fused-ring (bicyclic) bond motifs is 1. The number of hydrogen-bond donors (Lipinski definition) is 0. The molecule has 1 aliphatic rings. The second kappa shape index (κ2) is 16.5. The van der Waals surface area contributed by atoms with Crippen molar-refractivity contribution in [2.24, 2.45) is 0 Å². The van der Waals surface area contributed by atoms with Crippen molar-refractivity contribution in [3.8, 4) is 11.5 Å². The van der Waals surface area contributed by atoms with Crippen molar-refractivity contribution >= 4 is 0 Å². The summed E-state index contributed by atoms with van der Waals surface area (Å²) < 4.78 is 12.8. The Morgan fingerprint density at radius 1 is 0.765 bits per heavy atom. The highest BCUT2D eigenvalue weighted by molar-refractivity contribution is 5.49. The summed E-state index contributed by atoms with van der Waals surface area (Å²) in [6.45, 7) is 12.2. The van der Waals surface area contributed by atoms with Crippen molar-refractivity contribution in [2.75, 3.05) is 6.61 Å². The Morgan fingerprint density at radius 3 is 1.88 bits per heavy atom. The molecule has 0 fully saturated rings. The SMILES string of the molecule is CCCCCCCCCCCCOc1cc2c(cc1CCCCCCCC)OC(C)(C)CC2C. The van der Waals surface area contributed by atoms with Crippen LogP contribution in [0.4, 0.5) is 0 Å². The molecule has 1 heterocycles. The van der Waals surface area contributed by atoms with Crippen LogP contribution in [0.5, 0.6) is 11.5 Å². The van der Waals surface area contributed by atoms with E-state index in [0.29, 0.717) is 5.92 Å². The minimum Gasteiger partial charge on any atom is -0.493 e. The maximum Gasteiger partial charge on any atom is 0.124 e. The molecule has 34 heavy (non-hydrogen) atoms. The molecule has 1 aromatic carbocycles. The fourth-order valence-electron chi connectivity index (χ4n) is 5.48. The van der Waals surface area contributed by atoms with E-state index in [2.05, 4.69) is 46.8 Å². The van der Waals surface area contributed by atoms with Crippen LogP contribution < -0.4 is 9.47 Å². The van der Waals surface area contributed by atoms with Gasteiger partial charge in [-0.1, -0.05) is 111 Å². The third-order valence-corrected chi connectivity index (χ3v) is 7.46. The molecule has 0 radical (unpaired) electrons. The van der Waals surface area contributed by atoms with Crippen LogP contribution in [0.15, 0.2) is 12.1 Å². The van der Waals surface area contributed by atoms with Crippen molar-refractivity contribution < 1.29 is 9.47 Å². The van der Waals surface area contributed by atoms with Crippen molar-refractivity contribution in [2.45, 2.75) is 162 Å². The Hall–Kier alpha value is -1.18. The summed E-state index contributed by atoms with van der Waals surface area (Å²) in [5.41, 5.74) is 2.61. The van der Waals surface area contributed by atoms with Gasteiger partial charge in [0.15, 0.2) is 0 Å². The van der Waals surface area contributed by atoms with Gasteiger partial charge in [-0.3, -0.25) is 0 Å². The first kappa shape index (κ1) is 29.1. The van der Waals surface area contributed by atoms with E-state index in [9.17, 15) is 0 Å². The number of ether oxygens (including phenoxy) is 2. The van der Waals surface area contributed by atoms with E-state index in [-0.39, 0.29) is 5.60 Å². The summed E-state index contributed by atoms with van der Waals surface area (Å²) >= 11 is 0. The van der Waals surface area contributed by atoms with Crippen LogP contribution in [0.25, 0.3) is 0 Å². The number of benzene rings is 1. The molecule has 0 aliphatic carbocycles. The number of unbranched alkanes of at least 4 members (excludes halogenated alkanes) is 14. The fourth-order valence-corrected chi connectivity index (χ4v) is 5.48. The Balaban J connectivity index is 1.82. The van der Waals surface area contributed by atoms with Crippen LogP contribution in [-0.2, 0) is 6.42 Å². The van der Waals surface area contributed by atoms with Crippen LogP contribution >= 0.6 is 0 Å². The second-order valence-electron chi connectivity index (χ2n) is 11.5. The first-order chi connectivity index (χ1) is 16.5. The van der Waals surface area contributed by atoms with Crippen molar-refractivity contribution in [1.82, 2.24) is 0 Å². The molecule has 0 amide bonds. The van der Waals surface area contributed by atoms with Gasteiger partial charge in [-0.2, -0.15) is 0 Å². The largest absolute Gasteiger partial charge is 0.493 e. The monoisotopic (exact) mass is 472 g/mol. The van der Waals surface area contributed by atoms with Gasteiger partial charge in [0.1, 0.15) is 17.1 Å². The lowest BCUT2D eigenvalue weighted by Gasteiger charge is -2.37. The third kappa shape index (κ3) is 11.0. The van der Waals surface area contributed by atoms with E-state index in [1.54, 1.807) is 0 Å². The minimum atomic E-state index is -0.0811. The average Bonchev–Trinajstić information content (AvgIpc) is 2.79. The zero-order chi connectivity index (χ0) is 24.7. The summed E-state index contributed by atoms with van der Waals surface area (Å²) in [6, 6.07) is 4.63. The van der Waals surface area contributed by atoms with E-state index in [1.165, 1.54) is 114 Å². The van der Waals surface area contributed by atoms with Crippen molar-refractivity contribution in [1.29, 1.82) is 0 Å². The van der Waals surface area contributed by atoms with E-state index in [1.807, 2.05) is 0 Å². The van der Waals surface area contributed by atoms with E-state index < -0.39 is 0 Å². The molecule has 196 valence electrons. The molecule has 2 heteroatoms. The summed E-state index contributed by atoms with van der Waals surface area (Å²) in [6.07, 6.45) is 23.8. The molecule has 0 spiro atoms. The topological polar surface area (TPSA) is 18.5 Å². The lowest BCUT2D eigenvalue weighted by Crippen LogP contribution is -2.34. The molecule has 1 aromatic rings. The Morgan fingerprint density at radius 2 is 1.29 bits per heavy atom. The Kier molecular flexibility index (Phi) is 14.1. The van der Waals surface area contributed by atoms with Crippen molar-refractivity contribution in [3.05, 3.63) is 23.3 Å². The summed E-state index contributed by atoms with van der Waals surface area (Å²) in [7, 11) is 0.